The summed E-state index contributed by atoms with van der Waals surface area (Å²) < 4.78 is 11.7. The zero-order valence-electron chi connectivity index (χ0n) is 17.0. The quantitative estimate of drug-likeness (QED) is 0.589. The summed E-state index contributed by atoms with van der Waals surface area (Å²) in [6.45, 7) is 9.65. The van der Waals surface area contributed by atoms with Crippen molar-refractivity contribution in [2.75, 3.05) is 39.4 Å². The summed E-state index contributed by atoms with van der Waals surface area (Å²) in [5.41, 5.74) is 2.65. The topological polar surface area (TPSA) is 46.1 Å². The van der Waals surface area contributed by atoms with E-state index in [0.717, 1.165) is 71.0 Å². The highest BCUT2D eigenvalue weighted by Gasteiger charge is 2.24. The van der Waals surface area contributed by atoms with Gasteiger partial charge in [-0.15, -0.1) is 0 Å². The van der Waals surface area contributed by atoms with E-state index in [0.29, 0.717) is 12.2 Å². The van der Waals surface area contributed by atoms with E-state index in [1.165, 1.54) is 17.5 Å². The molecule has 1 N–H and O–H groups in total. The molecule has 5 nitrogen and oxygen atoms in total. The van der Waals surface area contributed by atoms with Crippen LogP contribution in [0.5, 0.6) is 0 Å². The second-order valence-corrected chi connectivity index (χ2v) is 7.63. The molecule has 0 aliphatic carbocycles. The molecule has 0 bridgehead atoms. The van der Waals surface area contributed by atoms with Crippen molar-refractivity contribution in [3.63, 3.8) is 0 Å². The van der Waals surface area contributed by atoms with Gasteiger partial charge in [-0.05, 0) is 51.5 Å². The fraction of sp³-hybridized carbons (Fsp3) is 0.682. The minimum Gasteiger partial charge on any atom is -0.376 e. The number of guanidine groups is 1. The molecule has 0 spiro atoms. The molecule has 2 aliphatic rings. The van der Waals surface area contributed by atoms with Crippen molar-refractivity contribution in [2.24, 2.45) is 4.99 Å². The minimum atomic E-state index is 0.323. The molecule has 2 fully saturated rings. The predicted octanol–water partition coefficient (Wildman–Crippen LogP) is 3.16. The largest absolute Gasteiger partial charge is 0.376 e. The number of hydrogen-bond acceptors (Lipinski definition) is 3. The first-order valence-corrected chi connectivity index (χ1v) is 10.6. The van der Waals surface area contributed by atoms with Crippen LogP contribution in [0.15, 0.2) is 29.3 Å². The van der Waals surface area contributed by atoms with E-state index in [2.05, 4.69) is 48.3 Å². The molecular formula is C22H35N3O2. The van der Waals surface area contributed by atoms with Gasteiger partial charge in [-0.25, -0.2) is 0 Å². The van der Waals surface area contributed by atoms with Crippen molar-refractivity contribution >= 4 is 5.96 Å². The van der Waals surface area contributed by atoms with Gasteiger partial charge >= 0.3 is 0 Å². The van der Waals surface area contributed by atoms with Gasteiger partial charge in [0.15, 0.2) is 5.96 Å². The van der Waals surface area contributed by atoms with Crippen LogP contribution in [0.3, 0.4) is 0 Å². The Hall–Kier alpha value is -1.59. The highest BCUT2D eigenvalue weighted by Crippen LogP contribution is 2.18. The molecule has 0 saturated carbocycles. The molecule has 0 aromatic heterocycles. The molecule has 0 amide bonds. The molecular weight excluding hydrogens is 338 g/mol. The molecule has 1 aromatic carbocycles. The fourth-order valence-corrected chi connectivity index (χ4v) is 3.72. The zero-order chi connectivity index (χ0) is 18.9. The number of rotatable bonds is 7. The summed E-state index contributed by atoms with van der Waals surface area (Å²) in [5.74, 6) is 1.04. The number of hydrogen-bond donors (Lipinski definition) is 1. The van der Waals surface area contributed by atoms with E-state index in [1.54, 1.807) is 0 Å². The van der Waals surface area contributed by atoms with Crippen molar-refractivity contribution in [3.05, 3.63) is 35.4 Å². The van der Waals surface area contributed by atoms with Crippen LogP contribution in [0.1, 0.15) is 43.7 Å². The Morgan fingerprint density at radius 2 is 2.00 bits per heavy atom. The van der Waals surface area contributed by atoms with Crippen LogP contribution in [0.25, 0.3) is 0 Å². The SMILES string of the molecule is CCNC(=NCCc1ccc(C)cc1)N1CCC(OCC2CCCO2)CC1. The Morgan fingerprint density at radius 1 is 1.22 bits per heavy atom. The van der Waals surface area contributed by atoms with Crippen molar-refractivity contribution in [3.8, 4) is 0 Å². The van der Waals surface area contributed by atoms with E-state index in [9.17, 15) is 0 Å². The first kappa shape index (κ1) is 20.2. The van der Waals surface area contributed by atoms with Gasteiger partial charge in [-0.1, -0.05) is 29.8 Å². The minimum absolute atomic E-state index is 0.323. The standard InChI is InChI=1S/C22H35N3O2/c1-3-23-22(24-13-10-19-8-6-18(2)7-9-19)25-14-11-20(12-15-25)27-17-21-5-4-16-26-21/h6-9,20-21H,3-5,10-17H2,1-2H3,(H,23,24). The van der Waals surface area contributed by atoms with Crippen LogP contribution < -0.4 is 5.32 Å². The molecule has 0 radical (unpaired) electrons. The van der Waals surface area contributed by atoms with E-state index in [4.69, 9.17) is 14.5 Å². The van der Waals surface area contributed by atoms with Crippen molar-refractivity contribution < 1.29 is 9.47 Å². The molecule has 1 aromatic rings. The molecule has 3 rings (SSSR count). The average Bonchev–Trinajstić information content (AvgIpc) is 3.21. The third kappa shape index (κ3) is 6.51. The van der Waals surface area contributed by atoms with Crippen LogP contribution in [0, 0.1) is 6.92 Å². The number of piperidine rings is 1. The molecule has 2 heterocycles. The third-order valence-electron chi connectivity index (χ3n) is 5.40. The molecule has 150 valence electrons. The number of ether oxygens (including phenoxy) is 2. The van der Waals surface area contributed by atoms with Crippen molar-refractivity contribution in [1.29, 1.82) is 0 Å². The van der Waals surface area contributed by atoms with Crippen LogP contribution >= 0.6 is 0 Å². The number of benzene rings is 1. The van der Waals surface area contributed by atoms with Gasteiger partial charge in [0.25, 0.3) is 0 Å². The molecule has 5 heteroatoms. The number of nitrogens with zero attached hydrogens (tertiary/aromatic N) is 2. The molecule has 27 heavy (non-hydrogen) atoms. The summed E-state index contributed by atoms with van der Waals surface area (Å²) in [7, 11) is 0. The predicted molar refractivity (Wildman–Crippen MR) is 110 cm³/mol. The van der Waals surface area contributed by atoms with Gasteiger partial charge in [0, 0.05) is 32.8 Å². The van der Waals surface area contributed by atoms with Crippen molar-refractivity contribution in [2.45, 2.75) is 58.2 Å². The molecule has 1 unspecified atom stereocenters. The second kappa shape index (κ2) is 10.7. The van der Waals surface area contributed by atoms with Gasteiger partial charge in [-0.3, -0.25) is 4.99 Å². The van der Waals surface area contributed by atoms with Gasteiger partial charge in [0.1, 0.15) is 0 Å². The van der Waals surface area contributed by atoms with E-state index in [-0.39, 0.29) is 0 Å². The van der Waals surface area contributed by atoms with Crippen LogP contribution in [0.2, 0.25) is 0 Å². The normalized spacial score (nSPS) is 21.6. The lowest BCUT2D eigenvalue weighted by Gasteiger charge is -2.34. The van der Waals surface area contributed by atoms with Crippen LogP contribution in [-0.2, 0) is 15.9 Å². The maximum atomic E-state index is 6.09. The lowest BCUT2D eigenvalue weighted by molar-refractivity contribution is -0.0367. The first-order valence-electron chi connectivity index (χ1n) is 10.6. The summed E-state index contributed by atoms with van der Waals surface area (Å²) in [6.07, 6.45) is 6.12. The molecule has 2 saturated heterocycles. The first-order chi connectivity index (χ1) is 13.2. The summed E-state index contributed by atoms with van der Waals surface area (Å²) in [5, 5.41) is 3.45. The summed E-state index contributed by atoms with van der Waals surface area (Å²) >= 11 is 0. The fourth-order valence-electron chi connectivity index (χ4n) is 3.72. The van der Waals surface area contributed by atoms with Gasteiger partial charge < -0.3 is 19.7 Å². The highest BCUT2D eigenvalue weighted by molar-refractivity contribution is 5.80. The lowest BCUT2D eigenvalue weighted by Crippen LogP contribution is -2.47. The maximum Gasteiger partial charge on any atom is 0.193 e. The van der Waals surface area contributed by atoms with Gasteiger partial charge in [0.2, 0.25) is 0 Å². The smallest absolute Gasteiger partial charge is 0.193 e. The number of nitrogens with one attached hydrogen (secondary N) is 1. The van der Waals surface area contributed by atoms with Gasteiger partial charge in [-0.2, -0.15) is 0 Å². The van der Waals surface area contributed by atoms with Crippen LogP contribution in [0.4, 0.5) is 0 Å². The maximum absolute atomic E-state index is 6.09. The monoisotopic (exact) mass is 373 g/mol. The Labute approximate surface area is 164 Å². The highest BCUT2D eigenvalue weighted by atomic mass is 16.5. The number of aliphatic imine (C=N–C) groups is 1. The van der Waals surface area contributed by atoms with Gasteiger partial charge in [0.05, 0.1) is 18.8 Å². The number of likely N-dealkylation sites (tertiary alicyclic amines) is 1. The van der Waals surface area contributed by atoms with E-state index in [1.807, 2.05) is 0 Å². The Bertz CT molecular complexity index is 574. The number of aryl methyl sites for hydroxylation is 1. The van der Waals surface area contributed by atoms with Crippen molar-refractivity contribution in [1.82, 2.24) is 10.2 Å². The summed E-state index contributed by atoms with van der Waals surface area (Å²) in [4.78, 5) is 7.24. The third-order valence-corrected chi connectivity index (χ3v) is 5.40. The molecule has 2 aliphatic heterocycles. The summed E-state index contributed by atoms with van der Waals surface area (Å²) in [6, 6.07) is 8.75. The Balaban J connectivity index is 1.43. The second-order valence-electron chi connectivity index (χ2n) is 7.63. The Kier molecular flexibility index (Phi) is 7.96. The lowest BCUT2D eigenvalue weighted by atomic mass is 10.1. The average molecular weight is 374 g/mol. The van der Waals surface area contributed by atoms with E-state index < -0.39 is 0 Å². The van der Waals surface area contributed by atoms with E-state index >= 15 is 0 Å². The molecule has 1 atom stereocenters. The zero-order valence-corrected chi connectivity index (χ0v) is 17.0. The van der Waals surface area contributed by atoms with Crippen LogP contribution in [-0.4, -0.2) is 62.5 Å². The Morgan fingerprint density at radius 3 is 2.67 bits per heavy atom.